The maximum Gasteiger partial charge on any atom is 0.349 e. The fourth-order valence-corrected chi connectivity index (χ4v) is 5.05. The molecule has 7 nitrogen and oxygen atoms in total. The zero-order valence-electron chi connectivity index (χ0n) is 14.8. The Morgan fingerprint density at radius 3 is 2.33 bits per heavy atom. The molecule has 9 heteroatoms. The first-order chi connectivity index (χ1) is 12.9. The number of ether oxygens (including phenoxy) is 1. The van der Waals surface area contributed by atoms with Gasteiger partial charge in [0.05, 0.1) is 4.90 Å². The summed E-state index contributed by atoms with van der Waals surface area (Å²) in [6.07, 6.45) is 0. The van der Waals surface area contributed by atoms with Gasteiger partial charge in [-0.25, -0.2) is 13.2 Å². The first kappa shape index (κ1) is 19.5. The Morgan fingerprint density at radius 1 is 1.07 bits per heavy atom. The molecule has 1 aliphatic heterocycles. The van der Waals surface area contributed by atoms with Crippen LogP contribution in [0.1, 0.15) is 15.2 Å². The topological polar surface area (TPSA) is 84.0 Å². The number of piperazine rings is 1. The molecule has 1 saturated heterocycles. The average molecular weight is 409 g/mol. The molecular weight excluding hydrogens is 388 g/mol. The minimum Gasteiger partial charge on any atom is -0.451 e. The Kier molecular flexibility index (Phi) is 5.93. The van der Waals surface area contributed by atoms with Crippen LogP contribution >= 0.6 is 11.3 Å². The van der Waals surface area contributed by atoms with Gasteiger partial charge in [-0.05, 0) is 36.1 Å². The minimum atomic E-state index is -3.56. The monoisotopic (exact) mass is 408 g/mol. The van der Waals surface area contributed by atoms with E-state index in [4.69, 9.17) is 4.74 Å². The van der Waals surface area contributed by atoms with Crippen molar-refractivity contribution in [3.8, 4) is 0 Å². The van der Waals surface area contributed by atoms with Crippen LogP contribution in [0.3, 0.4) is 0 Å². The first-order valence-corrected chi connectivity index (χ1v) is 10.8. The molecule has 0 radical (unpaired) electrons. The van der Waals surface area contributed by atoms with Crippen LogP contribution in [0.25, 0.3) is 0 Å². The predicted molar refractivity (Wildman–Crippen MR) is 101 cm³/mol. The summed E-state index contributed by atoms with van der Waals surface area (Å²) in [5.74, 6) is -0.838. The number of aryl methyl sites for hydroxylation is 1. The normalized spacial score (nSPS) is 15.5. The van der Waals surface area contributed by atoms with E-state index < -0.39 is 16.0 Å². The standard InChI is InChI=1S/C18H20N2O5S2/c1-14-7-12-26-17(14)18(22)25-13-16(21)19-8-10-20(11-9-19)27(23,24)15-5-3-2-4-6-15/h2-7,12H,8-11,13H2,1H3. The van der Waals surface area contributed by atoms with E-state index in [1.165, 1.54) is 20.5 Å². The lowest BCUT2D eigenvalue weighted by Gasteiger charge is -2.33. The molecule has 1 aromatic carbocycles. The lowest BCUT2D eigenvalue weighted by molar-refractivity contribution is -0.135. The van der Waals surface area contributed by atoms with Crippen LogP contribution < -0.4 is 0 Å². The molecule has 0 bridgehead atoms. The molecule has 0 aliphatic carbocycles. The molecule has 144 valence electrons. The number of rotatable bonds is 5. The highest BCUT2D eigenvalue weighted by Gasteiger charge is 2.30. The van der Waals surface area contributed by atoms with E-state index in [2.05, 4.69) is 0 Å². The van der Waals surface area contributed by atoms with Crippen LogP contribution in [-0.4, -0.2) is 62.3 Å². The van der Waals surface area contributed by atoms with Crippen molar-refractivity contribution in [1.82, 2.24) is 9.21 Å². The average Bonchev–Trinajstić information content (AvgIpc) is 3.12. The van der Waals surface area contributed by atoms with Gasteiger partial charge in [-0.1, -0.05) is 18.2 Å². The number of carbonyl (C=O) groups excluding carboxylic acids is 2. The summed E-state index contributed by atoms with van der Waals surface area (Å²) in [6, 6.07) is 10.0. The third-order valence-electron chi connectivity index (χ3n) is 4.35. The third kappa shape index (κ3) is 4.37. The third-order valence-corrected chi connectivity index (χ3v) is 7.26. The molecule has 1 aromatic heterocycles. The van der Waals surface area contributed by atoms with Crippen molar-refractivity contribution in [3.63, 3.8) is 0 Å². The van der Waals surface area contributed by atoms with Gasteiger partial charge < -0.3 is 9.64 Å². The highest BCUT2D eigenvalue weighted by atomic mass is 32.2. The van der Waals surface area contributed by atoms with E-state index >= 15 is 0 Å². The quantitative estimate of drug-likeness (QED) is 0.704. The molecule has 0 N–H and O–H groups in total. The summed E-state index contributed by atoms with van der Waals surface area (Å²) < 4.78 is 31.7. The van der Waals surface area contributed by atoms with E-state index in [0.717, 1.165) is 5.56 Å². The first-order valence-electron chi connectivity index (χ1n) is 8.44. The Morgan fingerprint density at radius 2 is 1.74 bits per heavy atom. The number of amides is 1. The van der Waals surface area contributed by atoms with Gasteiger partial charge in [0.1, 0.15) is 4.88 Å². The number of thiophene rings is 1. The molecule has 0 spiro atoms. The van der Waals surface area contributed by atoms with E-state index in [-0.39, 0.29) is 43.6 Å². The van der Waals surface area contributed by atoms with Crippen molar-refractivity contribution in [1.29, 1.82) is 0 Å². The van der Waals surface area contributed by atoms with Crippen molar-refractivity contribution in [3.05, 3.63) is 52.2 Å². The zero-order chi connectivity index (χ0) is 19.4. The number of esters is 1. The number of benzene rings is 1. The van der Waals surface area contributed by atoms with Crippen molar-refractivity contribution >= 4 is 33.2 Å². The Bertz CT molecular complexity index is 916. The number of hydrogen-bond donors (Lipinski definition) is 0. The van der Waals surface area contributed by atoms with Crippen LogP contribution in [0.15, 0.2) is 46.7 Å². The molecule has 1 amide bonds. The highest BCUT2D eigenvalue weighted by molar-refractivity contribution is 7.89. The summed E-state index contributed by atoms with van der Waals surface area (Å²) in [5, 5.41) is 1.79. The molecule has 2 heterocycles. The van der Waals surface area contributed by atoms with Gasteiger partial charge >= 0.3 is 5.97 Å². The van der Waals surface area contributed by atoms with E-state index in [0.29, 0.717) is 4.88 Å². The summed E-state index contributed by atoms with van der Waals surface area (Å²) in [7, 11) is -3.56. The SMILES string of the molecule is Cc1ccsc1C(=O)OCC(=O)N1CCN(S(=O)(=O)c2ccccc2)CC1. The minimum absolute atomic E-state index is 0.209. The summed E-state index contributed by atoms with van der Waals surface area (Å²) in [4.78, 5) is 26.5. The largest absolute Gasteiger partial charge is 0.451 e. The van der Waals surface area contributed by atoms with Gasteiger partial charge in [0.2, 0.25) is 10.0 Å². The van der Waals surface area contributed by atoms with Crippen LogP contribution in [0.2, 0.25) is 0 Å². The number of carbonyl (C=O) groups is 2. The maximum atomic E-state index is 12.6. The highest BCUT2D eigenvalue weighted by Crippen LogP contribution is 2.18. The summed E-state index contributed by atoms with van der Waals surface area (Å²) >= 11 is 1.27. The number of hydrogen-bond acceptors (Lipinski definition) is 6. The van der Waals surface area contributed by atoms with Gasteiger partial charge in [-0.15, -0.1) is 11.3 Å². The Hall–Kier alpha value is -2.23. The van der Waals surface area contributed by atoms with Crippen LogP contribution in [-0.2, 0) is 19.6 Å². The molecule has 1 aliphatic rings. The smallest absolute Gasteiger partial charge is 0.349 e. The van der Waals surface area contributed by atoms with Crippen molar-refractivity contribution < 1.29 is 22.7 Å². The van der Waals surface area contributed by atoms with Gasteiger partial charge in [-0.2, -0.15) is 4.31 Å². The van der Waals surface area contributed by atoms with Crippen molar-refractivity contribution in [2.24, 2.45) is 0 Å². The van der Waals surface area contributed by atoms with Crippen molar-refractivity contribution in [2.45, 2.75) is 11.8 Å². The van der Waals surface area contributed by atoms with Gasteiger partial charge in [0.15, 0.2) is 6.61 Å². The molecule has 3 rings (SSSR count). The fourth-order valence-electron chi connectivity index (χ4n) is 2.79. The van der Waals surface area contributed by atoms with Crippen LogP contribution in [0.5, 0.6) is 0 Å². The number of nitrogens with zero attached hydrogens (tertiary/aromatic N) is 2. The molecule has 2 aromatic rings. The number of sulfonamides is 1. The Balaban J connectivity index is 1.52. The second-order valence-corrected chi connectivity index (χ2v) is 8.96. The molecule has 0 saturated carbocycles. The van der Waals surface area contributed by atoms with Crippen molar-refractivity contribution in [2.75, 3.05) is 32.8 Å². The van der Waals surface area contributed by atoms with Gasteiger partial charge in [0, 0.05) is 26.2 Å². The van der Waals surface area contributed by atoms with E-state index in [9.17, 15) is 18.0 Å². The second kappa shape index (κ2) is 8.20. The van der Waals surface area contributed by atoms with Gasteiger partial charge in [-0.3, -0.25) is 4.79 Å². The Labute approximate surface area is 162 Å². The second-order valence-electron chi connectivity index (χ2n) is 6.11. The van der Waals surface area contributed by atoms with E-state index in [1.54, 1.807) is 42.6 Å². The molecule has 27 heavy (non-hydrogen) atoms. The summed E-state index contributed by atoms with van der Waals surface area (Å²) in [5.41, 5.74) is 0.817. The molecular formula is C18H20N2O5S2. The maximum absolute atomic E-state index is 12.6. The molecule has 0 unspecified atom stereocenters. The van der Waals surface area contributed by atoms with Crippen LogP contribution in [0.4, 0.5) is 0 Å². The zero-order valence-corrected chi connectivity index (χ0v) is 16.5. The molecule has 1 fully saturated rings. The fraction of sp³-hybridized carbons (Fsp3) is 0.333. The summed E-state index contributed by atoms with van der Waals surface area (Å²) in [6.45, 7) is 2.41. The lowest BCUT2D eigenvalue weighted by Crippen LogP contribution is -2.51. The van der Waals surface area contributed by atoms with Crippen LogP contribution in [0, 0.1) is 6.92 Å². The lowest BCUT2D eigenvalue weighted by atomic mass is 10.3. The van der Waals surface area contributed by atoms with E-state index in [1.807, 2.05) is 6.07 Å². The van der Waals surface area contributed by atoms with Gasteiger partial charge in [0.25, 0.3) is 5.91 Å². The predicted octanol–water partition coefficient (Wildman–Crippen LogP) is 1.75. The molecule has 0 atom stereocenters.